The molecule has 2 N–H and O–H groups in total. The lowest BCUT2D eigenvalue weighted by Gasteiger charge is -2.08. The van der Waals surface area contributed by atoms with Gasteiger partial charge in [0.15, 0.2) is 16.7 Å². The monoisotopic (exact) mass is 408 g/mol. The number of ether oxygens (including phenoxy) is 2. The molecule has 146 valence electrons. The normalized spacial score (nSPS) is 12.6. The number of carbonyl (C=O) groups is 1. The van der Waals surface area contributed by atoms with Gasteiger partial charge in [-0.15, -0.1) is 0 Å². The van der Waals surface area contributed by atoms with Crippen LogP contribution in [0.5, 0.6) is 11.5 Å². The fourth-order valence-corrected chi connectivity index (χ4v) is 4.02. The van der Waals surface area contributed by atoms with Crippen molar-refractivity contribution < 1.29 is 14.3 Å². The summed E-state index contributed by atoms with van der Waals surface area (Å²) < 4.78 is 12.0. The summed E-state index contributed by atoms with van der Waals surface area (Å²) in [6.07, 6.45) is 0. The van der Waals surface area contributed by atoms with Crippen LogP contribution in [-0.2, 0) is 11.8 Å². The molecule has 1 aliphatic rings. The predicted octanol–water partition coefficient (Wildman–Crippen LogP) is 2.87. The third-order valence-corrected chi connectivity index (χ3v) is 5.71. The number of hydrogen-bond acceptors (Lipinski definition) is 6. The Labute approximate surface area is 168 Å². The van der Waals surface area contributed by atoms with Gasteiger partial charge in [-0.1, -0.05) is 30.0 Å². The molecule has 8 nitrogen and oxygen atoms in total. The summed E-state index contributed by atoms with van der Waals surface area (Å²) in [7, 11) is 1.65. The highest BCUT2D eigenvalue weighted by Gasteiger charge is 2.16. The smallest absolute Gasteiger partial charge is 0.278 e. The van der Waals surface area contributed by atoms with Crippen molar-refractivity contribution in [1.29, 1.82) is 0 Å². The molecule has 9 heteroatoms. The Morgan fingerprint density at radius 1 is 1.24 bits per heavy atom. The molecule has 0 saturated heterocycles. The molecular formula is C20H16N4O4S. The molecule has 2 aromatic heterocycles. The molecule has 0 atom stereocenters. The Balaban J connectivity index is 1.37. The van der Waals surface area contributed by atoms with Gasteiger partial charge in [0.05, 0.1) is 5.75 Å². The minimum Gasteiger partial charge on any atom is -0.454 e. The van der Waals surface area contributed by atoms with Gasteiger partial charge in [-0.3, -0.25) is 14.2 Å². The van der Waals surface area contributed by atoms with Gasteiger partial charge in [0, 0.05) is 29.7 Å². The number of amides is 1. The third-order valence-electron chi connectivity index (χ3n) is 4.68. The lowest BCUT2D eigenvalue weighted by atomic mass is 10.2. The predicted molar refractivity (Wildman–Crippen MR) is 111 cm³/mol. The van der Waals surface area contributed by atoms with Crippen LogP contribution in [0.4, 0.5) is 5.69 Å². The van der Waals surface area contributed by atoms with E-state index in [0.29, 0.717) is 33.4 Å². The van der Waals surface area contributed by atoms with Crippen molar-refractivity contribution in [2.75, 3.05) is 17.9 Å². The zero-order valence-corrected chi connectivity index (χ0v) is 16.2. The first-order valence-corrected chi connectivity index (χ1v) is 9.88. The number of para-hydroxylation sites is 1. The Kier molecular flexibility index (Phi) is 4.17. The molecule has 0 bridgehead atoms. The minimum atomic E-state index is -0.206. The molecule has 4 aromatic rings. The molecule has 5 rings (SSSR count). The topological polar surface area (TPSA) is 98.2 Å². The fourth-order valence-electron chi connectivity index (χ4n) is 3.25. The number of carbonyl (C=O) groups excluding carboxylic acids is 1. The molecule has 0 unspecified atom stereocenters. The first-order chi connectivity index (χ1) is 14.1. The van der Waals surface area contributed by atoms with Crippen LogP contribution in [0.25, 0.3) is 21.9 Å². The van der Waals surface area contributed by atoms with E-state index >= 15 is 0 Å². The third kappa shape index (κ3) is 3.09. The van der Waals surface area contributed by atoms with Gasteiger partial charge < -0.3 is 19.8 Å². The Morgan fingerprint density at radius 2 is 2.07 bits per heavy atom. The number of benzene rings is 2. The van der Waals surface area contributed by atoms with Crippen LogP contribution in [-0.4, -0.2) is 33.0 Å². The van der Waals surface area contributed by atoms with Crippen LogP contribution in [0.15, 0.2) is 52.4 Å². The fraction of sp³-hybridized carbons (Fsp3) is 0.150. The second-order valence-electron chi connectivity index (χ2n) is 6.56. The number of fused-ring (bicyclic) bond motifs is 4. The maximum atomic E-state index is 12.7. The number of H-pyrrole nitrogens is 1. The molecule has 0 aliphatic carbocycles. The van der Waals surface area contributed by atoms with Gasteiger partial charge in [-0.2, -0.15) is 0 Å². The second kappa shape index (κ2) is 6.85. The summed E-state index contributed by atoms with van der Waals surface area (Å²) in [5.74, 6) is 1.16. The molecule has 1 aliphatic heterocycles. The summed E-state index contributed by atoms with van der Waals surface area (Å²) in [4.78, 5) is 32.9. The highest BCUT2D eigenvalue weighted by molar-refractivity contribution is 7.99. The zero-order valence-electron chi connectivity index (χ0n) is 15.4. The lowest BCUT2D eigenvalue weighted by molar-refractivity contribution is -0.113. The van der Waals surface area contributed by atoms with E-state index < -0.39 is 0 Å². The van der Waals surface area contributed by atoms with Crippen molar-refractivity contribution in [2.24, 2.45) is 7.05 Å². The number of nitrogens with one attached hydrogen (secondary N) is 2. The number of aromatic nitrogens is 3. The number of aromatic amines is 1. The molecule has 0 fully saturated rings. The van der Waals surface area contributed by atoms with Crippen LogP contribution in [0.1, 0.15) is 0 Å². The quantitative estimate of drug-likeness (QED) is 0.398. The second-order valence-corrected chi connectivity index (χ2v) is 7.50. The average Bonchev–Trinajstić information content (AvgIpc) is 3.34. The summed E-state index contributed by atoms with van der Waals surface area (Å²) >= 11 is 1.21. The van der Waals surface area contributed by atoms with E-state index in [1.54, 1.807) is 25.2 Å². The van der Waals surface area contributed by atoms with Crippen LogP contribution in [0, 0.1) is 0 Å². The molecule has 0 saturated carbocycles. The number of nitrogens with zero attached hydrogens (tertiary/aromatic N) is 2. The van der Waals surface area contributed by atoms with Crippen LogP contribution in [0.2, 0.25) is 0 Å². The van der Waals surface area contributed by atoms with Crippen molar-refractivity contribution in [3.63, 3.8) is 0 Å². The van der Waals surface area contributed by atoms with E-state index in [0.717, 1.165) is 10.9 Å². The summed E-state index contributed by atoms with van der Waals surface area (Å²) in [5, 5.41) is 4.18. The van der Waals surface area contributed by atoms with Crippen molar-refractivity contribution in [3.05, 3.63) is 52.8 Å². The van der Waals surface area contributed by atoms with Gasteiger partial charge in [-0.25, -0.2) is 4.98 Å². The highest BCUT2D eigenvalue weighted by Crippen LogP contribution is 2.34. The highest BCUT2D eigenvalue weighted by atomic mass is 32.2. The standard InChI is InChI=1S/C20H16N4O4S/c1-24-19(26)18-17(12-4-2-3-5-13(12)22-18)23-20(24)29-9-16(25)21-11-6-7-14-15(8-11)28-10-27-14/h2-8,22H,9-10H2,1H3,(H,21,25). The van der Waals surface area contributed by atoms with E-state index in [1.165, 1.54) is 16.3 Å². The molecule has 3 heterocycles. The Bertz CT molecular complexity index is 1330. The average molecular weight is 408 g/mol. The first kappa shape index (κ1) is 17.6. The molecule has 29 heavy (non-hydrogen) atoms. The van der Waals surface area contributed by atoms with Crippen molar-refractivity contribution in [2.45, 2.75) is 5.16 Å². The van der Waals surface area contributed by atoms with Gasteiger partial charge in [0.1, 0.15) is 11.0 Å². The summed E-state index contributed by atoms with van der Waals surface area (Å²) in [6, 6.07) is 12.8. The largest absolute Gasteiger partial charge is 0.454 e. The zero-order chi connectivity index (χ0) is 20.0. The van der Waals surface area contributed by atoms with Crippen molar-refractivity contribution in [3.8, 4) is 11.5 Å². The minimum absolute atomic E-state index is 0.114. The Hall–Kier alpha value is -3.46. The Morgan fingerprint density at radius 3 is 2.97 bits per heavy atom. The van der Waals surface area contributed by atoms with Crippen molar-refractivity contribution in [1.82, 2.24) is 14.5 Å². The summed E-state index contributed by atoms with van der Waals surface area (Å²) in [5.41, 5.74) is 2.37. The molecule has 0 radical (unpaired) electrons. The number of hydrogen-bond donors (Lipinski definition) is 2. The van der Waals surface area contributed by atoms with Gasteiger partial charge in [-0.05, 0) is 18.2 Å². The SMILES string of the molecule is Cn1c(SCC(=O)Nc2ccc3c(c2)OCO3)nc2c([nH]c3ccccc32)c1=O. The van der Waals surface area contributed by atoms with E-state index in [4.69, 9.17) is 9.47 Å². The van der Waals surface area contributed by atoms with E-state index in [1.807, 2.05) is 24.3 Å². The van der Waals surface area contributed by atoms with E-state index in [-0.39, 0.29) is 24.0 Å². The summed E-state index contributed by atoms with van der Waals surface area (Å²) in [6.45, 7) is 0.179. The van der Waals surface area contributed by atoms with E-state index in [2.05, 4.69) is 15.3 Å². The van der Waals surface area contributed by atoms with Crippen LogP contribution >= 0.6 is 11.8 Å². The van der Waals surface area contributed by atoms with Crippen LogP contribution in [0.3, 0.4) is 0 Å². The number of thioether (sulfide) groups is 1. The van der Waals surface area contributed by atoms with Crippen molar-refractivity contribution >= 4 is 45.3 Å². The van der Waals surface area contributed by atoms with Crippen LogP contribution < -0.4 is 20.3 Å². The molecular weight excluding hydrogens is 392 g/mol. The molecule has 2 aromatic carbocycles. The first-order valence-electron chi connectivity index (χ1n) is 8.90. The maximum absolute atomic E-state index is 12.7. The van der Waals surface area contributed by atoms with Gasteiger partial charge >= 0.3 is 0 Å². The molecule has 0 spiro atoms. The van der Waals surface area contributed by atoms with Gasteiger partial charge in [0.25, 0.3) is 5.56 Å². The van der Waals surface area contributed by atoms with E-state index in [9.17, 15) is 9.59 Å². The number of anilines is 1. The number of rotatable bonds is 4. The maximum Gasteiger partial charge on any atom is 0.278 e. The van der Waals surface area contributed by atoms with Gasteiger partial charge in [0.2, 0.25) is 12.7 Å². The lowest BCUT2D eigenvalue weighted by Crippen LogP contribution is -2.21. The molecule has 1 amide bonds.